The lowest BCUT2D eigenvalue weighted by molar-refractivity contribution is -0.136. The number of carbonyl (C=O) groups is 2. The third-order valence-corrected chi connectivity index (χ3v) is 3.54. The lowest BCUT2D eigenvalue weighted by Crippen LogP contribution is -2.40. The Morgan fingerprint density at radius 3 is 2.41 bits per heavy atom. The lowest BCUT2D eigenvalue weighted by atomic mass is 9.87. The Hall–Kier alpha value is -0.900. The van der Waals surface area contributed by atoms with Crippen LogP contribution in [0.4, 0.5) is 0 Å². The molecule has 4 nitrogen and oxygen atoms in total. The van der Waals surface area contributed by atoms with Crippen LogP contribution in [0.1, 0.15) is 51.4 Å². The van der Waals surface area contributed by atoms with E-state index < -0.39 is 5.41 Å². The first kappa shape index (κ1) is 14.2. The zero-order valence-corrected chi connectivity index (χ0v) is 10.4. The highest BCUT2D eigenvalue weighted by molar-refractivity contribution is 5.96. The molecule has 0 aliphatic heterocycles. The molecule has 0 atom stereocenters. The van der Waals surface area contributed by atoms with Gasteiger partial charge in [0.15, 0.2) is 0 Å². The molecule has 17 heavy (non-hydrogen) atoms. The van der Waals surface area contributed by atoms with E-state index in [1.807, 2.05) is 0 Å². The number of aliphatic hydroxyl groups excluding tert-OH is 1. The number of carbonyl (C=O) groups excluding carboxylic acids is 2. The number of hydrogen-bond acceptors (Lipinski definition) is 3. The summed E-state index contributed by atoms with van der Waals surface area (Å²) in [5.41, 5.74) is -0.731. The molecule has 0 unspecified atom stereocenters. The highest BCUT2D eigenvalue weighted by Gasteiger charge is 2.40. The Morgan fingerprint density at radius 1 is 1.18 bits per heavy atom. The zero-order chi connectivity index (χ0) is 12.6. The number of unbranched alkanes of at least 4 members (excludes halogenated alkanes) is 3. The van der Waals surface area contributed by atoms with Crippen LogP contribution < -0.4 is 5.32 Å². The third-order valence-electron chi connectivity index (χ3n) is 3.54. The van der Waals surface area contributed by atoms with E-state index in [0.29, 0.717) is 19.4 Å². The van der Waals surface area contributed by atoms with E-state index in [1.165, 1.54) is 0 Å². The first-order chi connectivity index (χ1) is 8.25. The number of rotatable bonds is 8. The van der Waals surface area contributed by atoms with Gasteiger partial charge >= 0.3 is 0 Å². The maximum atomic E-state index is 11.9. The summed E-state index contributed by atoms with van der Waals surface area (Å²) in [6.45, 7) is 0.875. The van der Waals surface area contributed by atoms with Crippen molar-refractivity contribution >= 4 is 12.2 Å². The fourth-order valence-corrected chi connectivity index (χ4v) is 2.37. The van der Waals surface area contributed by atoms with Crippen LogP contribution in [0, 0.1) is 5.41 Å². The van der Waals surface area contributed by atoms with Crippen LogP contribution in [0.5, 0.6) is 0 Å². The minimum Gasteiger partial charge on any atom is -0.396 e. The number of aldehydes is 1. The second-order valence-corrected chi connectivity index (χ2v) is 4.87. The summed E-state index contributed by atoms with van der Waals surface area (Å²) >= 11 is 0. The van der Waals surface area contributed by atoms with Crippen LogP contribution in [0.3, 0.4) is 0 Å². The number of nitrogens with one attached hydrogen (secondary N) is 1. The van der Waals surface area contributed by atoms with Crippen LogP contribution in [-0.2, 0) is 9.59 Å². The van der Waals surface area contributed by atoms with Crippen molar-refractivity contribution in [3.8, 4) is 0 Å². The number of aliphatic hydroxyl groups is 1. The van der Waals surface area contributed by atoms with Crippen molar-refractivity contribution in [2.45, 2.75) is 51.4 Å². The molecule has 0 spiro atoms. The average molecular weight is 241 g/mol. The standard InChI is InChI=1S/C13H23NO3/c15-10-6-2-1-5-9-14-12(17)13(11-16)7-3-4-8-13/h11,15H,1-10H2,(H,14,17). The van der Waals surface area contributed by atoms with Crippen molar-refractivity contribution in [1.29, 1.82) is 0 Å². The van der Waals surface area contributed by atoms with Gasteiger partial charge in [-0.15, -0.1) is 0 Å². The van der Waals surface area contributed by atoms with Gasteiger partial charge in [-0.3, -0.25) is 4.79 Å². The van der Waals surface area contributed by atoms with E-state index in [0.717, 1.165) is 44.8 Å². The van der Waals surface area contributed by atoms with Crippen molar-refractivity contribution < 1.29 is 14.7 Å². The van der Waals surface area contributed by atoms with E-state index in [4.69, 9.17) is 5.11 Å². The van der Waals surface area contributed by atoms with Crippen molar-refractivity contribution in [3.05, 3.63) is 0 Å². The maximum absolute atomic E-state index is 11.9. The Balaban J connectivity index is 2.18. The van der Waals surface area contributed by atoms with Crippen molar-refractivity contribution in [2.75, 3.05) is 13.2 Å². The summed E-state index contributed by atoms with van der Waals surface area (Å²) in [5, 5.41) is 11.5. The van der Waals surface area contributed by atoms with E-state index in [9.17, 15) is 9.59 Å². The highest BCUT2D eigenvalue weighted by Crippen LogP contribution is 2.36. The molecule has 0 bridgehead atoms. The molecule has 0 aromatic rings. The topological polar surface area (TPSA) is 66.4 Å². The van der Waals surface area contributed by atoms with E-state index in [-0.39, 0.29) is 12.5 Å². The summed E-state index contributed by atoms with van der Waals surface area (Å²) in [6, 6.07) is 0. The molecular formula is C13H23NO3. The summed E-state index contributed by atoms with van der Waals surface area (Å²) in [4.78, 5) is 23.0. The molecule has 1 saturated carbocycles. The Labute approximate surface area is 103 Å². The van der Waals surface area contributed by atoms with Crippen LogP contribution in [0.2, 0.25) is 0 Å². The first-order valence-corrected chi connectivity index (χ1v) is 6.61. The minimum absolute atomic E-state index is 0.0906. The molecule has 1 aliphatic carbocycles. The summed E-state index contributed by atoms with van der Waals surface area (Å²) in [5.74, 6) is -0.0906. The molecule has 1 rings (SSSR count). The van der Waals surface area contributed by atoms with Crippen LogP contribution in [0.15, 0.2) is 0 Å². The van der Waals surface area contributed by atoms with E-state index >= 15 is 0 Å². The third kappa shape index (κ3) is 4.11. The molecule has 0 aromatic heterocycles. The van der Waals surface area contributed by atoms with Gasteiger partial charge in [-0.05, 0) is 25.7 Å². The summed E-state index contributed by atoms with van der Waals surface area (Å²) in [7, 11) is 0. The molecule has 1 aliphatic rings. The number of hydrogen-bond donors (Lipinski definition) is 2. The van der Waals surface area contributed by atoms with Gasteiger partial charge in [0, 0.05) is 13.2 Å². The molecule has 2 N–H and O–H groups in total. The molecule has 98 valence electrons. The molecule has 4 heteroatoms. The van der Waals surface area contributed by atoms with Crippen molar-refractivity contribution in [3.63, 3.8) is 0 Å². The fourth-order valence-electron chi connectivity index (χ4n) is 2.37. The van der Waals surface area contributed by atoms with Crippen molar-refractivity contribution in [1.82, 2.24) is 5.32 Å². The second kappa shape index (κ2) is 7.43. The largest absolute Gasteiger partial charge is 0.396 e. The summed E-state index contributed by atoms with van der Waals surface area (Å²) < 4.78 is 0. The second-order valence-electron chi connectivity index (χ2n) is 4.87. The molecule has 0 saturated heterocycles. The Morgan fingerprint density at radius 2 is 1.82 bits per heavy atom. The smallest absolute Gasteiger partial charge is 0.233 e. The quantitative estimate of drug-likeness (QED) is 0.383. The van der Waals surface area contributed by atoms with Gasteiger partial charge in [-0.2, -0.15) is 0 Å². The first-order valence-electron chi connectivity index (χ1n) is 6.61. The molecular weight excluding hydrogens is 218 g/mol. The van der Waals surface area contributed by atoms with Gasteiger partial charge in [0.05, 0.1) is 0 Å². The molecule has 0 heterocycles. The van der Waals surface area contributed by atoms with E-state index in [1.54, 1.807) is 0 Å². The molecule has 0 radical (unpaired) electrons. The average Bonchev–Trinajstić information content (AvgIpc) is 2.83. The summed E-state index contributed by atoms with van der Waals surface area (Å²) in [6.07, 6.45) is 7.93. The predicted molar refractivity (Wildman–Crippen MR) is 65.5 cm³/mol. The van der Waals surface area contributed by atoms with Crippen LogP contribution in [-0.4, -0.2) is 30.5 Å². The van der Waals surface area contributed by atoms with Crippen LogP contribution >= 0.6 is 0 Å². The SMILES string of the molecule is O=CC1(C(=O)NCCCCCCO)CCCC1. The van der Waals surface area contributed by atoms with Gasteiger partial charge in [0.2, 0.25) is 5.91 Å². The predicted octanol–water partition coefficient (Wildman–Crippen LogP) is 1.41. The monoisotopic (exact) mass is 241 g/mol. The maximum Gasteiger partial charge on any atom is 0.233 e. The van der Waals surface area contributed by atoms with Crippen LogP contribution in [0.25, 0.3) is 0 Å². The van der Waals surface area contributed by atoms with Gasteiger partial charge in [0.25, 0.3) is 0 Å². The Bertz CT molecular complexity index is 247. The normalized spacial score (nSPS) is 17.9. The van der Waals surface area contributed by atoms with Gasteiger partial charge in [-0.25, -0.2) is 0 Å². The van der Waals surface area contributed by atoms with Gasteiger partial charge in [0.1, 0.15) is 11.7 Å². The van der Waals surface area contributed by atoms with E-state index in [2.05, 4.69) is 5.32 Å². The molecule has 1 fully saturated rings. The fraction of sp³-hybridized carbons (Fsp3) is 0.846. The Kier molecular flexibility index (Phi) is 6.19. The lowest BCUT2D eigenvalue weighted by Gasteiger charge is -2.20. The van der Waals surface area contributed by atoms with Gasteiger partial charge < -0.3 is 15.2 Å². The number of amides is 1. The minimum atomic E-state index is -0.731. The highest BCUT2D eigenvalue weighted by atomic mass is 16.2. The van der Waals surface area contributed by atoms with Crippen molar-refractivity contribution in [2.24, 2.45) is 5.41 Å². The zero-order valence-electron chi connectivity index (χ0n) is 10.4. The molecule has 1 amide bonds. The molecule has 0 aromatic carbocycles. The van der Waals surface area contributed by atoms with Gasteiger partial charge in [-0.1, -0.05) is 25.7 Å².